The van der Waals surface area contributed by atoms with Crippen molar-refractivity contribution in [2.75, 3.05) is 0 Å². The SMILES string of the molecule is C=C/C(=C\C(=C)c1cc2cc3c4ccccc4n(-c4ccnc(-c5ccccc5)n4)c3cc2n1-c1ccccc1)c1cc(-n2c3ccccc3c3cc4ccn(-c5ccccc5)c4cc32)cc(-c2ccccc2)n1. The van der Waals surface area contributed by atoms with E-state index in [0.29, 0.717) is 5.82 Å². The molecular weight excluding hydrogens is 903 g/mol. The third-order valence-electron chi connectivity index (χ3n) is 14.3. The van der Waals surface area contributed by atoms with E-state index in [9.17, 15) is 0 Å². The number of nitrogens with zero attached hydrogens (tertiary/aromatic N) is 7. The Balaban J connectivity index is 0.952. The summed E-state index contributed by atoms with van der Waals surface area (Å²) in [4.78, 5) is 15.3. The third-order valence-corrected chi connectivity index (χ3v) is 14.3. The molecule has 0 radical (unpaired) electrons. The first-order valence-electron chi connectivity index (χ1n) is 24.8. The monoisotopic (exact) mass is 947 g/mol. The lowest BCUT2D eigenvalue weighted by Gasteiger charge is -2.15. The van der Waals surface area contributed by atoms with Crippen molar-refractivity contribution in [3.05, 3.63) is 274 Å². The second-order valence-corrected chi connectivity index (χ2v) is 18.7. The first-order valence-corrected chi connectivity index (χ1v) is 24.8. The van der Waals surface area contributed by atoms with Gasteiger partial charge in [-0.25, -0.2) is 15.0 Å². The minimum atomic E-state index is 0.674. The van der Waals surface area contributed by atoms with Gasteiger partial charge in [-0.1, -0.05) is 153 Å². The number of pyridine rings is 1. The molecule has 0 fully saturated rings. The van der Waals surface area contributed by atoms with E-state index in [1.54, 1.807) is 0 Å². The molecule has 7 nitrogen and oxygen atoms in total. The molecule has 0 aliphatic carbocycles. The van der Waals surface area contributed by atoms with E-state index < -0.39 is 0 Å². The molecule has 0 N–H and O–H groups in total. The summed E-state index contributed by atoms with van der Waals surface area (Å²) in [6, 6.07) is 79.0. The fourth-order valence-electron chi connectivity index (χ4n) is 10.9. The topological polar surface area (TPSA) is 58.4 Å². The number of aromatic nitrogens is 7. The van der Waals surface area contributed by atoms with Crippen LogP contribution in [-0.2, 0) is 0 Å². The molecular formula is C67H45N7. The summed E-state index contributed by atoms with van der Waals surface area (Å²) in [5.41, 5.74) is 15.9. The van der Waals surface area contributed by atoms with Gasteiger partial charge in [-0.05, 0) is 103 Å². The maximum atomic E-state index is 5.42. The van der Waals surface area contributed by atoms with Gasteiger partial charge < -0.3 is 13.7 Å². The summed E-state index contributed by atoms with van der Waals surface area (Å²) >= 11 is 0. The molecule has 6 heterocycles. The third kappa shape index (κ3) is 7.01. The van der Waals surface area contributed by atoms with E-state index in [2.05, 4.69) is 224 Å². The van der Waals surface area contributed by atoms with Gasteiger partial charge in [0.1, 0.15) is 5.82 Å². The Bertz CT molecular complexity index is 4550. The van der Waals surface area contributed by atoms with Crippen LogP contribution in [0.2, 0.25) is 0 Å². The van der Waals surface area contributed by atoms with Crippen LogP contribution in [-0.4, -0.2) is 33.2 Å². The molecule has 0 saturated carbocycles. The molecule has 348 valence electrons. The van der Waals surface area contributed by atoms with Gasteiger partial charge >= 0.3 is 0 Å². The van der Waals surface area contributed by atoms with Gasteiger partial charge in [-0.3, -0.25) is 4.57 Å². The van der Waals surface area contributed by atoms with E-state index in [1.165, 1.54) is 16.2 Å². The van der Waals surface area contributed by atoms with Crippen LogP contribution in [0.3, 0.4) is 0 Å². The van der Waals surface area contributed by atoms with E-state index in [4.69, 9.17) is 16.5 Å². The lowest BCUT2D eigenvalue weighted by atomic mass is 10.0. The Hall–Kier alpha value is -10.1. The molecule has 0 saturated heterocycles. The standard InChI is InChI=1S/C67H45N7/c1-3-45(57-40-52(41-58(69-57)46-20-8-4-9-21-46)73-59-30-18-16-28-53(59)55-37-48-33-35-71(62(48)42-64(55)73)50-24-12-6-13-25-50)36-44(2)61-39-49-38-56-54-29-17-19-31-60(54)74(65(56)43-63(49)72(61)51-26-14-7-15-27-51)66-32-34-68-67(70-66)47-22-10-5-11-23-47/h3-43H,1-2H2/b45-36+. The number of benzene rings is 8. The van der Waals surface area contributed by atoms with Crippen LogP contribution in [0.25, 0.3) is 122 Å². The van der Waals surface area contributed by atoms with E-state index >= 15 is 0 Å². The Labute approximate surface area is 426 Å². The summed E-state index contributed by atoms with van der Waals surface area (Å²) in [5.74, 6) is 1.47. The summed E-state index contributed by atoms with van der Waals surface area (Å²) in [6.07, 6.45) is 8.04. The lowest BCUT2D eigenvalue weighted by Crippen LogP contribution is -2.01. The molecule has 8 aromatic carbocycles. The van der Waals surface area contributed by atoms with Gasteiger partial charge in [0.2, 0.25) is 0 Å². The maximum absolute atomic E-state index is 5.42. The molecule has 7 heteroatoms. The van der Waals surface area contributed by atoms with Crippen LogP contribution >= 0.6 is 0 Å². The summed E-state index contributed by atoms with van der Waals surface area (Å²) < 4.78 is 9.23. The van der Waals surface area contributed by atoms with E-state index in [1.807, 2.05) is 54.7 Å². The fraction of sp³-hybridized carbons (Fsp3) is 0. The van der Waals surface area contributed by atoms with Gasteiger partial charge in [-0.2, -0.15) is 0 Å². The van der Waals surface area contributed by atoms with Crippen LogP contribution < -0.4 is 0 Å². The van der Waals surface area contributed by atoms with Crippen molar-refractivity contribution in [3.63, 3.8) is 0 Å². The van der Waals surface area contributed by atoms with Crippen LogP contribution in [0.1, 0.15) is 11.4 Å². The van der Waals surface area contributed by atoms with Gasteiger partial charge in [0.15, 0.2) is 5.82 Å². The average Bonchev–Trinajstić information content (AvgIpc) is 4.23. The Morgan fingerprint density at radius 2 is 1.03 bits per heavy atom. The minimum Gasteiger partial charge on any atom is -0.316 e. The number of fused-ring (bicyclic) bond motifs is 8. The highest BCUT2D eigenvalue weighted by molar-refractivity contribution is 6.15. The van der Waals surface area contributed by atoms with Gasteiger partial charge in [0.05, 0.1) is 55.9 Å². The Morgan fingerprint density at radius 1 is 0.432 bits per heavy atom. The van der Waals surface area contributed by atoms with E-state index in [-0.39, 0.29) is 0 Å². The molecule has 0 spiro atoms. The van der Waals surface area contributed by atoms with Crippen molar-refractivity contribution in [3.8, 4) is 45.5 Å². The molecule has 0 amide bonds. The highest BCUT2D eigenvalue weighted by Crippen LogP contribution is 2.40. The van der Waals surface area contributed by atoms with Crippen molar-refractivity contribution in [1.82, 2.24) is 33.2 Å². The minimum absolute atomic E-state index is 0.674. The second kappa shape index (κ2) is 17.3. The van der Waals surface area contributed by atoms with E-state index in [0.717, 1.165) is 111 Å². The van der Waals surface area contributed by atoms with Crippen molar-refractivity contribution < 1.29 is 0 Å². The van der Waals surface area contributed by atoms with Crippen LogP contribution in [0.4, 0.5) is 0 Å². The number of hydrogen-bond donors (Lipinski definition) is 0. The smallest absolute Gasteiger partial charge is 0.161 e. The molecule has 6 aromatic heterocycles. The molecule has 74 heavy (non-hydrogen) atoms. The quantitative estimate of drug-likeness (QED) is 0.128. The molecule has 0 unspecified atom stereocenters. The first-order chi connectivity index (χ1) is 36.6. The fourth-order valence-corrected chi connectivity index (χ4v) is 10.9. The highest BCUT2D eigenvalue weighted by atomic mass is 15.1. The summed E-state index contributed by atoms with van der Waals surface area (Å²) in [5, 5.41) is 6.92. The molecule has 14 aromatic rings. The normalized spacial score (nSPS) is 12.0. The van der Waals surface area contributed by atoms with Gasteiger partial charge in [0, 0.05) is 72.8 Å². The Morgan fingerprint density at radius 3 is 1.73 bits per heavy atom. The zero-order chi connectivity index (χ0) is 49.3. The van der Waals surface area contributed by atoms with Gasteiger partial charge in [0.25, 0.3) is 0 Å². The molecule has 0 aliphatic heterocycles. The zero-order valence-corrected chi connectivity index (χ0v) is 40.2. The summed E-state index contributed by atoms with van der Waals surface area (Å²) in [7, 11) is 0. The van der Waals surface area contributed by atoms with Crippen LogP contribution in [0.15, 0.2) is 262 Å². The molecule has 14 rings (SSSR count). The van der Waals surface area contributed by atoms with Crippen molar-refractivity contribution in [2.45, 2.75) is 0 Å². The van der Waals surface area contributed by atoms with Gasteiger partial charge in [-0.15, -0.1) is 0 Å². The molecule has 0 atom stereocenters. The molecule has 0 bridgehead atoms. The second-order valence-electron chi connectivity index (χ2n) is 18.7. The van der Waals surface area contributed by atoms with Crippen LogP contribution in [0, 0.1) is 0 Å². The largest absolute Gasteiger partial charge is 0.316 e. The number of para-hydroxylation sites is 4. The van der Waals surface area contributed by atoms with Crippen molar-refractivity contribution in [2.24, 2.45) is 0 Å². The zero-order valence-electron chi connectivity index (χ0n) is 40.2. The number of allylic oxidation sites excluding steroid dienone is 4. The van der Waals surface area contributed by atoms with Crippen molar-refractivity contribution >= 4 is 76.6 Å². The average molecular weight is 948 g/mol. The first kappa shape index (κ1) is 42.7. The molecule has 0 aliphatic rings. The van der Waals surface area contributed by atoms with Crippen LogP contribution in [0.5, 0.6) is 0 Å². The lowest BCUT2D eigenvalue weighted by molar-refractivity contribution is 1.04. The number of rotatable bonds is 10. The predicted molar refractivity (Wildman–Crippen MR) is 307 cm³/mol. The maximum Gasteiger partial charge on any atom is 0.161 e. The highest BCUT2D eigenvalue weighted by Gasteiger charge is 2.21. The van der Waals surface area contributed by atoms with Crippen molar-refractivity contribution in [1.29, 1.82) is 0 Å². The Kier molecular flexibility index (Phi) is 10.0. The number of hydrogen-bond acceptors (Lipinski definition) is 3. The predicted octanol–water partition coefficient (Wildman–Crippen LogP) is 16.6. The summed E-state index contributed by atoms with van der Waals surface area (Å²) in [6.45, 7) is 9.23.